The zero-order valence-corrected chi connectivity index (χ0v) is 15.4. The molecule has 0 bridgehead atoms. The molecule has 2 aromatic heterocycles. The van der Waals surface area contributed by atoms with Gasteiger partial charge < -0.3 is 10.4 Å². The van der Waals surface area contributed by atoms with Crippen LogP contribution in [0.1, 0.15) is 45.0 Å². The molecule has 5 nitrogen and oxygen atoms in total. The summed E-state index contributed by atoms with van der Waals surface area (Å²) in [6, 6.07) is 2.04. The number of aliphatic hydroxyl groups is 1. The monoisotopic (exact) mass is 353 g/mol. The maximum Gasteiger partial charge on any atom is 0.151 e. The molecule has 0 aliphatic carbocycles. The Morgan fingerprint density at radius 2 is 2.09 bits per heavy atom. The third kappa shape index (κ3) is 4.40. The molecule has 0 fully saturated rings. The van der Waals surface area contributed by atoms with Crippen LogP contribution in [0.15, 0.2) is 12.3 Å². The van der Waals surface area contributed by atoms with Gasteiger partial charge in [0.05, 0.1) is 11.2 Å². The van der Waals surface area contributed by atoms with E-state index in [4.69, 9.17) is 11.6 Å². The summed E-state index contributed by atoms with van der Waals surface area (Å²) in [4.78, 5) is 4.15. The Bertz CT molecular complexity index is 666. The van der Waals surface area contributed by atoms with Crippen molar-refractivity contribution in [1.82, 2.24) is 15.2 Å². The minimum Gasteiger partial charge on any atom is -0.390 e. The molecule has 0 aliphatic rings. The van der Waals surface area contributed by atoms with Crippen molar-refractivity contribution in [3.05, 3.63) is 29.3 Å². The van der Waals surface area contributed by atoms with E-state index in [1.165, 1.54) is 11.3 Å². The number of anilines is 1. The minimum atomic E-state index is -0.893. The third-order valence-corrected chi connectivity index (χ3v) is 4.70. The van der Waals surface area contributed by atoms with Crippen molar-refractivity contribution in [2.24, 2.45) is 0 Å². The number of hydrogen-bond acceptors (Lipinski definition) is 6. The van der Waals surface area contributed by atoms with Gasteiger partial charge in [-0.2, -0.15) is 0 Å². The zero-order valence-electron chi connectivity index (χ0n) is 13.8. The molecule has 2 aromatic rings. The molecule has 1 radical (unpaired) electrons. The van der Waals surface area contributed by atoms with Gasteiger partial charge in [0, 0.05) is 23.8 Å². The molecule has 125 valence electrons. The van der Waals surface area contributed by atoms with Crippen molar-refractivity contribution >= 4 is 28.6 Å². The molecule has 0 aromatic carbocycles. The van der Waals surface area contributed by atoms with Crippen LogP contribution in [0.2, 0.25) is 5.15 Å². The zero-order chi connectivity index (χ0) is 17.2. The summed E-state index contributed by atoms with van der Waals surface area (Å²) < 4.78 is 0. The lowest BCUT2D eigenvalue weighted by Gasteiger charge is -2.25. The fourth-order valence-electron chi connectivity index (χ4n) is 2.29. The fourth-order valence-corrected chi connectivity index (χ4v) is 3.63. The van der Waals surface area contributed by atoms with Crippen LogP contribution in [0.25, 0.3) is 10.6 Å². The quantitative estimate of drug-likeness (QED) is 0.763. The first kappa shape index (κ1) is 18.1. The molecule has 23 heavy (non-hydrogen) atoms. The van der Waals surface area contributed by atoms with E-state index < -0.39 is 5.60 Å². The second kappa shape index (κ2) is 7.11. The van der Waals surface area contributed by atoms with Crippen LogP contribution in [-0.2, 0) is 0 Å². The summed E-state index contributed by atoms with van der Waals surface area (Å²) in [5, 5.41) is 24.1. The van der Waals surface area contributed by atoms with E-state index >= 15 is 0 Å². The van der Waals surface area contributed by atoms with Crippen LogP contribution in [0.3, 0.4) is 0 Å². The maximum absolute atomic E-state index is 10.3. The predicted molar refractivity (Wildman–Crippen MR) is 95.9 cm³/mol. The maximum atomic E-state index is 10.3. The number of rotatable bonds is 6. The standard InChI is InChI=1S/C16H22ClN4OS/c1-6-11(16(4,5)22)15-21-20-14(23-15)10-8-18-13(17)7-12(10)19-9(2)3/h7-9,11,22H,1,6H2,2-5H3,(H,18,19). The first-order valence-corrected chi connectivity index (χ1v) is 8.69. The highest BCUT2D eigenvalue weighted by molar-refractivity contribution is 7.14. The Kier molecular flexibility index (Phi) is 5.60. The summed E-state index contributed by atoms with van der Waals surface area (Å²) in [5.41, 5.74) is 0.832. The van der Waals surface area contributed by atoms with Crippen molar-refractivity contribution in [1.29, 1.82) is 0 Å². The van der Waals surface area contributed by atoms with E-state index in [1.54, 1.807) is 26.1 Å². The van der Waals surface area contributed by atoms with Gasteiger partial charge in [-0.1, -0.05) is 29.9 Å². The highest BCUT2D eigenvalue weighted by atomic mass is 35.5. The largest absolute Gasteiger partial charge is 0.390 e. The van der Waals surface area contributed by atoms with Crippen molar-refractivity contribution in [2.45, 2.75) is 51.7 Å². The lowest BCUT2D eigenvalue weighted by Crippen LogP contribution is -2.28. The minimum absolute atomic E-state index is 0.157. The lowest BCUT2D eigenvalue weighted by molar-refractivity contribution is 0.0500. The van der Waals surface area contributed by atoms with Crippen LogP contribution in [0.4, 0.5) is 5.69 Å². The van der Waals surface area contributed by atoms with Crippen LogP contribution < -0.4 is 5.32 Å². The molecule has 0 saturated heterocycles. The Labute approximate surface area is 146 Å². The van der Waals surface area contributed by atoms with Crippen molar-refractivity contribution < 1.29 is 5.11 Å². The molecular weight excluding hydrogens is 332 g/mol. The molecule has 2 N–H and O–H groups in total. The van der Waals surface area contributed by atoms with Crippen molar-refractivity contribution in [3.63, 3.8) is 0 Å². The summed E-state index contributed by atoms with van der Waals surface area (Å²) in [5.74, 6) is -0.157. The first-order valence-electron chi connectivity index (χ1n) is 7.49. The van der Waals surface area contributed by atoms with Gasteiger partial charge in [0.25, 0.3) is 0 Å². The van der Waals surface area contributed by atoms with Crippen molar-refractivity contribution in [3.8, 4) is 10.6 Å². The smallest absolute Gasteiger partial charge is 0.151 e. The second-order valence-electron chi connectivity index (χ2n) is 6.29. The molecule has 0 amide bonds. The van der Waals surface area contributed by atoms with Gasteiger partial charge in [-0.15, -0.1) is 10.2 Å². The molecule has 2 heterocycles. The molecule has 7 heteroatoms. The van der Waals surface area contributed by atoms with Crippen LogP contribution in [-0.4, -0.2) is 31.9 Å². The Balaban J connectivity index is 2.41. The fraction of sp³-hybridized carbons (Fsp3) is 0.500. The Hall–Kier alpha value is -1.24. The van der Waals surface area contributed by atoms with Gasteiger partial charge in [0.15, 0.2) is 5.01 Å². The van der Waals surface area contributed by atoms with Crippen LogP contribution >= 0.6 is 22.9 Å². The summed E-state index contributed by atoms with van der Waals surface area (Å²) in [6.07, 6.45) is 2.24. The highest BCUT2D eigenvalue weighted by Gasteiger charge is 2.30. The van der Waals surface area contributed by atoms with E-state index in [-0.39, 0.29) is 12.0 Å². The molecule has 0 saturated carbocycles. The van der Waals surface area contributed by atoms with Gasteiger partial charge in [-0.3, -0.25) is 0 Å². The predicted octanol–water partition coefficient (Wildman–Crippen LogP) is 4.15. The summed E-state index contributed by atoms with van der Waals surface area (Å²) in [6.45, 7) is 11.5. The summed E-state index contributed by atoms with van der Waals surface area (Å²) >= 11 is 7.45. The topological polar surface area (TPSA) is 70.9 Å². The van der Waals surface area contributed by atoms with Gasteiger partial charge in [-0.25, -0.2) is 4.98 Å². The van der Waals surface area contributed by atoms with Crippen LogP contribution in [0.5, 0.6) is 0 Å². The number of pyridine rings is 1. The average molecular weight is 354 g/mol. The average Bonchev–Trinajstić information content (AvgIpc) is 2.86. The van der Waals surface area contributed by atoms with Gasteiger partial charge in [0.2, 0.25) is 0 Å². The molecule has 2 rings (SSSR count). The molecular formula is C16H22ClN4OS. The highest BCUT2D eigenvalue weighted by Crippen LogP contribution is 2.37. The lowest BCUT2D eigenvalue weighted by atomic mass is 9.89. The summed E-state index contributed by atoms with van der Waals surface area (Å²) in [7, 11) is 0. The molecule has 0 aliphatic heterocycles. The number of nitrogens with zero attached hydrogens (tertiary/aromatic N) is 3. The Morgan fingerprint density at radius 3 is 2.65 bits per heavy atom. The second-order valence-corrected chi connectivity index (χ2v) is 7.69. The van der Waals surface area contributed by atoms with E-state index in [2.05, 4.69) is 41.3 Å². The Morgan fingerprint density at radius 1 is 1.39 bits per heavy atom. The number of halogens is 1. The molecule has 0 spiro atoms. The first-order chi connectivity index (χ1) is 10.7. The van der Waals surface area contributed by atoms with E-state index in [9.17, 15) is 5.11 Å². The van der Waals surface area contributed by atoms with Gasteiger partial charge in [0.1, 0.15) is 10.2 Å². The molecule has 1 unspecified atom stereocenters. The van der Waals surface area contributed by atoms with Crippen molar-refractivity contribution in [2.75, 3.05) is 5.32 Å². The van der Waals surface area contributed by atoms with E-state index in [0.717, 1.165) is 21.3 Å². The third-order valence-electron chi connectivity index (χ3n) is 3.43. The van der Waals surface area contributed by atoms with Gasteiger partial charge >= 0.3 is 0 Å². The van der Waals surface area contributed by atoms with Crippen LogP contribution in [0, 0.1) is 6.92 Å². The van der Waals surface area contributed by atoms with Gasteiger partial charge in [-0.05, 0) is 40.2 Å². The van der Waals surface area contributed by atoms with E-state index in [0.29, 0.717) is 11.6 Å². The van der Waals surface area contributed by atoms with E-state index in [1.807, 2.05) is 0 Å². The number of nitrogens with one attached hydrogen (secondary N) is 1. The SMILES string of the molecule is [CH2]CC(c1nnc(-c2cnc(Cl)cc2NC(C)C)s1)C(C)(C)O. The normalized spacial score (nSPS) is 13.4. The number of hydrogen-bond donors (Lipinski definition) is 2. The molecule has 1 atom stereocenters. The number of aromatic nitrogens is 3.